The maximum atomic E-state index is 12.7. The molecule has 148 valence electrons. The molecule has 10 heteroatoms. The van der Waals surface area contributed by atoms with Gasteiger partial charge in [0.25, 0.3) is 5.91 Å². The van der Waals surface area contributed by atoms with Crippen LogP contribution in [0.4, 0.5) is 13.2 Å². The van der Waals surface area contributed by atoms with Gasteiger partial charge in [0.1, 0.15) is 5.56 Å². The van der Waals surface area contributed by atoms with E-state index in [0.29, 0.717) is 22.6 Å². The van der Waals surface area contributed by atoms with Crippen LogP contribution in [0.15, 0.2) is 55.0 Å². The van der Waals surface area contributed by atoms with Crippen molar-refractivity contribution in [2.24, 2.45) is 0 Å². The number of hydrogen-bond acceptors (Lipinski definition) is 4. The molecule has 3 heterocycles. The molecule has 0 aliphatic heterocycles. The number of hydrogen-bond donors (Lipinski definition) is 1. The second-order valence-corrected chi connectivity index (χ2v) is 6.34. The Morgan fingerprint density at radius 3 is 2.55 bits per heavy atom. The van der Waals surface area contributed by atoms with Crippen LogP contribution >= 0.6 is 0 Å². The summed E-state index contributed by atoms with van der Waals surface area (Å²) in [5.41, 5.74) is 1.75. The number of rotatable bonds is 4. The lowest BCUT2D eigenvalue weighted by Gasteiger charge is -2.07. The Morgan fingerprint density at radius 2 is 1.86 bits per heavy atom. The number of alkyl halides is 3. The number of nitrogens with zero attached hydrogens (tertiary/aromatic N) is 5. The van der Waals surface area contributed by atoms with Gasteiger partial charge >= 0.3 is 6.18 Å². The zero-order valence-corrected chi connectivity index (χ0v) is 15.2. The Labute approximate surface area is 162 Å². The van der Waals surface area contributed by atoms with Crippen molar-refractivity contribution >= 4 is 11.6 Å². The highest BCUT2D eigenvalue weighted by Crippen LogP contribution is 2.27. The van der Waals surface area contributed by atoms with Crippen molar-refractivity contribution < 1.29 is 18.0 Å². The third-order valence-corrected chi connectivity index (χ3v) is 4.33. The van der Waals surface area contributed by atoms with Crippen molar-refractivity contribution in [2.45, 2.75) is 19.6 Å². The van der Waals surface area contributed by atoms with Gasteiger partial charge in [-0.1, -0.05) is 12.1 Å². The topological polar surface area (TPSA) is 77.1 Å². The Morgan fingerprint density at radius 1 is 1.10 bits per heavy atom. The Bertz CT molecular complexity index is 1180. The fourth-order valence-electron chi connectivity index (χ4n) is 2.92. The molecule has 3 aromatic heterocycles. The molecule has 4 rings (SSSR count). The highest BCUT2D eigenvalue weighted by atomic mass is 19.4. The minimum Gasteiger partial charge on any atom is -0.348 e. The van der Waals surface area contributed by atoms with Gasteiger partial charge in [0.15, 0.2) is 11.3 Å². The lowest BCUT2D eigenvalue weighted by molar-refractivity contribution is -0.141. The average molecular weight is 400 g/mol. The number of carbonyl (C=O) groups excluding carboxylic acids is 1. The predicted octanol–water partition coefficient (Wildman–Crippen LogP) is 3.17. The summed E-state index contributed by atoms with van der Waals surface area (Å²) in [7, 11) is 0. The molecule has 0 aliphatic carbocycles. The molecule has 7 nitrogen and oxygen atoms in total. The average Bonchev–Trinajstić information content (AvgIpc) is 3.30. The van der Waals surface area contributed by atoms with E-state index in [0.717, 1.165) is 16.3 Å². The molecule has 0 saturated carbocycles. The van der Waals surface area contributed by atoms with Crippen molar-refractivity contribution in [2.75, 3.05) is 0 Å². The first kappa shape index (κ1) is 18.7. The number of halogens is 3. The summed E-state index contributed by atoms with van der Waals surface area (Å²) in [5, 5.41) is 10.6. The van der Waals surface area contributed by atoms with Crippen LogP contribution < -0.4 is 5.32 Å². The number of nitrogens with one attached hydrogen (secondary N) is 1. The second-order valence-electron chi connectivity index (χ2n) is 6.34. The number of amides is 1. The van der Waals surface area contributed by atoms with E-state index in [9.17, 15) is 18.0 Å². The van der Waals surface area contributed by atoms with Crippen molar-refractivity contribution in [3.63, 3.8) is 0 Å². The van der Waals surface area contributed by atoms with Crippen molar-refractivity contribution in [1.82, 2.24) is 29.7 Å². The first-order valence-electron chi connectivity index (χ1n) is 8.63. The van der Waals surface area contributed by atoms with Crippen molar-refractivity contribution in [3.05, 3.63) is 77.5 Å². The second kappa shape index (κ2) is 7.04. The Kier molecular flexibility index (Phi) is 4.53. The minimum atomic E-state index is -4.49. The van der Waals surface area contributed by atoms with E-state index in [1.54, 1.807) is 54.2 Å². The van der Waals surface area contributed by atoms with Gasteiger partial charge in [-0.3, -0.25) is 4.79 Å². The fraction of sp³-hybridized carbons (Fsp3) is 0.158. The molecule has 0 atom stereocenters. The number of aromatic nitrogens is 5. The maximum Gasteiger partial charge on any atom is 0.435 e. The van der Waals surface area contributed by atoms with Crippen LogP contribution in [0.5, 0.6) is 0 Å². The molecule has 0 saturated heterocycles. The van der Waals surface area contributed by atoms with Crippen LogP contribution in [0.1, 0.15) is 27.3 Å². The van der Waals surface area contributed by atoms with Crippen LogP contribution in [-0.4, -0.2) is 30.3 Å². The molecule has 1 aromatic carbocycles. The molecule has 0 spiro atoms. The van der Waals surface area contributed by atoms with Crippen molar-refractivity contribution in [3.8, 4) is 5.69 Å². The number of aryl methyl sites for hydroxylation is 1. The molecule has 0 fully saturated rings. The summed E-state index contributed by atoms with van der Waals surface area (Å²) in [5.74, 6) is -0.304. The maximum absolute atomic E-state index is 12.7. The third kappa shape index (κ3) is 3.68. The first-order chi connectivity index (χ1) is 13.8. The van der Waals surface area contributed by atoms with Crippen LogP contribution in [0.25, 0.3) is 11.3 Å². The Balaban J connectivity index is 1.46. The van der Waals surface area contributed by atoms with Gasteiger partial charge in [0.05, 0.1) is 11.4 Å². The van der Waals surface area contributed by atoms with E-state index >= 15 is 0 Å². The van der Waals surface area contributed by atoms with Gasteiger partial charge in [-0.05, 0) is 36.8 Å². The molecule has 0 aliphatic rings. The van der Waals surface area contributed by atoms with E-state index in [1.165, 1.54) is 6.20 Å². The zero-order valence-electron chi connectivity index (χ0n) is 15.2. The molecule has 1 N–H and O–H groups in total. The molecule has 0 unspecified atom stereocenters. The summed E-state index contributed by atoms with van der Waals surface area (Å²) >= 11 is 0. The van der Waals surface area contributed by atoms with E-state index < -0.39 is 11.9 Å². The SMILES string of the molecule is Cc1nn2cccnc2c1C(=O)NCc1ccc(-n2ccc(C(F)(F)F)n2)cc1. The molecule has 0 radical (unpaired) electrons. The van der Waals surface area contributed by atoms with Crippen LogP contribution in [0, 0.1) is 6.92 Å². The van der Waals surface area contributed by atoms with Crippen LogP contribution in [-0.2, 0) is 12.7 Å². The van der Waals surface area contributed by atoms with E-state index in [2.05, 4.69) is 20.5 Å². The van der Waals surface area contributed by atoms with Gasteiger partial charge in [0.2, 0.25) is 0 Å². The normalized spacial score (nSPS) is 11.7. The number of carbonyl (C=O) groups is 1. The van der Waals surface area contributed by atoms with Crippen LogP contribution in [0.3, 0.4) is 0 Å². The first-order valence-corrected chi connectivity index (χ1v) is 8.63. The minimum absolute atomic E-state index is 0.246. The zero-order chi connectivity index (χ0) is 20.6. The fourth-order valence-corrected chi connectivity index (χ4v) is 2.92. The van der Waals surface area contributed by atoms with Crippen LogP contribution in [0.2, 0.25) is 0 Å². The highest BCUT2D eigenvalue weighted by molar-refractivity contribution is 6.00. The van der Waals surface area contributed by atoms with Gasteiger partial charge in [-0.25, -0.2) is 14.2 Å². The number of fused-ring (bicyclic) bond motifs is 1. The lowest BCUT2D eigenvalue weighted by Crippen LogP contribution is -2.23. The quantitative estimate of drug-likeness (QED) is 0.571. The summed E-state index contributed by atoms with van der Waals surface area (Å²) in [6, 6.07) is 9.34. The molecule has 1 amide bonds. The van der Waals surface area contributed by atoms with Gasteiger partial charge in [-0.2, -0.15) is 23.4 Å². The van der Waals surface area contributed by atoms with Gasteiger partial charge < -0.3 is 5.32 Å². The summed E-state index contributed by atoms with van der Waals surface area (Å²) < 4.78 is 40.7. The smallest absolute Gasteiger partial charge is 0.348 e. The monoisotopic (exact) mass is 400 g/mol. The van der Waals surface area contributed by atoms with E-state index in [1.807, 2.05) is 0 Å². The summed E-state index contributed by atoms with van der Waals surface area (Å²) in [4.78, 5) is 16.8. The predicted molar refractivity (Wildman–Crippen MR) is 97.5 cm³/mol. The van der Waals surface area contributed by atoms with Gasteiger partial charge in [-0.15, -0.1) is 0 Å². The Hall–Kier alpha value is -3.69. The van der Waals surface area contributed by atoms with Gasteiger partial charge in [0, 0.05) is 25.1 Å². The molecule has 4 aromatic rings. The standard InChI is InChI=1S/C19H15F3N6O/c1-12-16(17-23-8-2-9-28(17)25-12)18(29)24-11-13-3-5-14(6-4-13)27-10-7-15(26-27)19(20,21)22/h2-10H,11H2,1H3,(H,24,29). The van der Waals surface area contributed by atoms with E-state index in [4.69, 9.17) is 0 Å². The molecule has 29 heavy (non-hydrogen) atoms. The largest absolute Gasteiger partial charge is 0.435 e. The molecular weight excluding hydrogens is 385 g/mol. The third-order valence-electron chi connectivity index (χ3n) is 4.33. The molecular formula is C19H15F3N6O. The van der Waals surface area contributed by atoms with Crippen molar-refractivity contribution in [1.29, 1.82) is 0 Å². The van der Waals surface area contributed by atoms with E-state index in [-0.39, 0.29) is 12.5 Å². The summed E-state index contributed by atoms with van der Waals surface area (Å²) in [6.45, 7) is 1.98. The summed E-state index contributed by atoms with van der Waals surface area (Å²) in [6.07, 6.45) is 0.0664. The highest BCUT2D eigenvalue weighted by Gasteiger charge is 2.33. The lowest BCUT2D eigenvalue weighted by atomic mass is 10.2. The molecule has 0 bridgehead atoms. The number of benzene rings is 1.